The van der Waals surface area contributed by atoms with Gasteiger partial charge in [-0.15, -0.1) is 0 Å². The largest absolute Gasteiger partial charge is 0.493 e. The predicted molar refractivity (Wildman–Crippen MR) is 108 cm³/mol. The molecule has 0 saturated heterocycles. The van der Waals surface area contributed by atoms with Crippen LogP contribution < -0.4 is 19.5 Å². The molecule has 0 atom stereocenters. The molecule has 0 aliphatic heterocycles. The zero-order valence-corrected chi connectivity index (χ0v) is 16.9. The topological polar surface area (TPSA) is 77.1 Å². The number of nitrogens with zero attached hydrogens (tertiary/aromatic N) is 1. The van der Waals surface area contributed by atoms with E-state index in [2.05, 4.69) is 5.32 Å². The maximum atomic E-state index is 12.3. The Bertz CT molecular complexity index is 806. The molecule has 0 aliphatic rings. The second-order valence-corrected chi connectivity index (χ2v) is 6.36. The van der Waals surface area contributed by atoms with E-state index in [1.54, 1.807) is 38.4 Å². The summed E-state index contributed by atoms with van der Waals surface area (Å²) in [5, 5.41) is 2.84. The summed E-state index contributed by atoms with van der Waals surface area (Å²) in [5.41, 5.74) is 2.16. The normalized spacial score (nSPS) is 10.2. The fourth-order valence-electron chi connectivity index (χ4n) is 2.71. The van der Waals surface area contributed by atoms with E-state index >= 15 is 0 Å². The zero-order valence-electron chi connectivity index (χ0n) is 16.9. The number of ether oxygens (including phenoxy) is 3. The Morgan fingerprint density at radius 3 is 1.96 bits per heavy atom. The molecule has 0 radical (unpaired) electrons. The summed E-state index contributed by atoms with van der Waals surface area (Å²) in [6.45, 7) is 0. The van der Waals surface area contributed by atoms with Crippen LogP contribution in [0.3, 0.4) is 0 Å². The number of rotatable bonds is 8. The van der Waals surface area contributed by atoms with E-state index in [0.29, 0.717) is 41.3 Å². The Morgan fingerprint density at radius 2 is 1.50 bits per heavy atom. The molecule has 0 spiro atoms. The van der Waals surface area contributed by atoms with Gasteiger partial charge in [0.15, 0.2) is 11.5 Å². The molecule has 0 fully saturated rings. The number of hydrogen-bond acceptors (Lipinski definition) is 5. The van der Waals surface area contributed by atoms with Gasteiger partial charge in [0.1, 0.15) is 0 Å². The zero-order chi connectivity index (χ0) is 20.7. The van der Waals surface area contributed by atoms with Gasteiger partial charge in [-0.05, 0) is 24.1 Å². The van der Waals surface area contributed by atoms with Gasteiger partial charge in [0, 0.05) is 43.9 Å². The highest BCUT2D eigenvalue weighted by Gasteiger charge is 2.14. The van der Waals surface area contributed by atoms with Gasteiger partial charge >= 0.3 is 0 Å². The first kappa shape index (κ1) is 21.1. The highest BCUT2D eigenvalue weighted by Crippen LogP contribution is 2.39. The molecular weight excluding hydrogens is 360 g/mol. The van der Waals surface area contributed by atoms with Crippen LogP contribution in [0, 0.1) is 0 Å². The van der Waals surface area contributed by atoms with Gasteiger partial charge in [0.05, 0.1) is 21.3 Å². The van der Waals surface area contributed by atoms with Crippen molar-refractivity contribution in [3.05, 3.63) is 47.5 Å². The molecule has 0 aliphatic carbocycles. The predicted octanol–water partition coefficient (Wildman–Crippen LogP) is 2.99. The first-order chi connectivity index (χ1) is 13.4. The molecule has 0 saturated carbocycles. The standard InChI is InChI=1S/C21H26N2O5/c1-23(2)21(25)15-9-6-14(7-10-15)8-11-19(24)22-16-12-17(26-3)20(28-5)18(13-16)27-4/h6-7,9-10,12-13H,8,11H2,1-5H3,(H,22,24). The van der Waals surface area contributed by atoms with Crippen molar-refractivity contribution in [2.24, 2.45) is 0 Å². The minimum Gasteiger partial charge on any atom is -0.493 e. The molecular formula is C21H26N2O5. The lowest BCUT2D eigenvalue weighted by atomic mass is 10.1. The van der Waals surface area contributed by atoms with Gasteiger partial charge in [-0.25, -0.2) is 0 Å². The lowest BCUT2D eigenvalue weighted by Crippen LogP contribution is -2.21. The number of carbonyl (C=O) groups excluding carboxylic acids is 2. The van der Waals surface area contributed by atoms with Crippen LogP contribution in [0.25, 0.3) is 0 Å². The molecule has 7 heteroatoms. The van der Waals surface area contributed by atoms with Crippen LogP contribution in [0.5, 0.6) is 17.2 Å². The van der Waals surface area contributed by atoms with E-state index in [0.717, 1.165) is 5.56 Å². The number of methoxy groups -OCH3 is 3. The Kier molecular flexibility index (Phi) is 7.26. The Morgan fingerprint density at radius 1 is 0.929 bits per heavy atom. The minimum absolute atomic E-state index is 0.0494. The number of amides is 2. The van der Waals surface area contributed by atoms with Crippen molar-refractivity contribution in [3.63, 3.8) is 0 Å². The monoisotopic (exact) mass is 386 g/mol. The molecule has 2 amide bonds. The molecule has 150 valence electrons. The molecule has 0 unspecified atom stereocenters. The van der Waals surface area contributed by atoms with Crippen molar-refractivity contribution >= 4 is 17.5 Å². The Balaban J connectivity index is 2.00. The Labute approximate surface area is 165 Å². The van der Waals surface area contributed by atoms with E-state index < -0.39 is 0 Å². The van der Waals surface area contributed by atoms with Gasteiger partial charge in [-0.1, -0.05) is 12.1 Å². The first-order valence-electron chi connectivity index (χ1n) is 8.80. The minimum atomic E-state index is -0.136. The van der Waals surface area contributed by atoms with Crippen molar-refractivity contribution in [2.45, 2.75) is 12.8 Å². The molecule has 7 nitrogen and oxygen atoms in total. The first-order valence-corrected chi connectivity index (χ1v) is 8.80. The summed E-state index contributed by atoms with van der Waals surface area (Å²) in [6.07, 6.45) is 0.865. The summed E-state index contributed by atoms with van der Waals surface area (Å²) in [5.74, 6) is 1.22. The van der Waals surface area contributed by atoms with Gasteiger partial charge in [-0.3, -0.25) is 9.59 Å². The molecule has 0 bridgehead atoms. The summed E-state index contributed by atoms with van der Waals surface area (Å²) < 4.78 is 15.9. The third-order valence-electron chi connectivity index (χ3n) is 4.20. The number of hydrogen-bond donors (Lipinski definition) is 1. The average Bonchev–Trinajstić information content (AvgIpc) is 2.71. The molecule has 2 rings (SSSR count). The van der Waals surface area contributed by atoms with Crippen LogP contribution in [0.1, 0.15) is 22.3 Å². The quantitative estimate of drug-likeness (QED) is 0.755. The maximum absolute atomic E-state index is 12.3. The summed E-state index contributed by atoms with van der Waals surface area (Å²) >= 11 is 0. The summed E-state index contributed by atoms with van der Waals surface area (Å²) in [6, 6.07) is 10.6. The highest BCUT2D eigenvalue weighted by molar-refractivity contribution is 5.94. The fourth-order valence-corrected chi connectivity index (χ4v) is 2.71. The van der Waals surface area contributed by atoms with Crippen molar-refractivity contribution in [2.75, 3.05) is 40.7 Å². The maximum Gasteiger partial charge on any atom is 0.253 e. The van der Waals surface area contributed by atoms with Crippen LogP contribution in [-0.2, 0) is 11.2 Å². The van der Waals surface area contributed by atoms with E-state index in [-0.39, 0.29) is 11.8 Å². The van der Waals surface area contributed by atoms with Gasteiger partial charge in [-0.2, -0.15) is 0 Å². The van der Waals surface area contributed by atoms with E-state index in [1.165, 1.54) is 26.2 Å². The van der Waals surface area contributed by atoms with Crippen LogP contribution in [0.2, 0.25) is 0 Å². The lowest BCUT2D eigenvalue weighted by molar-refractivity contribution is -0.116. The second-order valence-electron chi connectivity index (χ2n) is 6.36. The van der Waals surface area contributed by atoms with Crippen molar-refractivity contribution < 1.29 is 23.8 Å². The molecule has 0 heterocycles. The van der Waals surface area contributed by atoms with Gasteiger partial charge in [0.2, 0.25) is 11.7 Å². The average molecular weight is 386 g/mol. The number of nitrogens with one attached hydrogen (secondary N) is 1. The van der Waals surface area contributed by atoms with Crippen LogP contribution in [0.4, 0.5) is 5.69 Å². The molecule has 2 aromatic rings. The fraction of sp³-hybridized carbons (Fsp3) is 0.333. The van der Waals surface area contributed by atoms with E-state index in [4.69, 9.17) is 14.2 Å². The van der Waals surface area contributed by atoms with Crippen LogP contribution in [0.15, 0.2) is 36.4 Å². The van der Waals surface area contributed by atoms with Gasteiger partial charge in [0.25, 0.3) is 5.91 Å². The van der Waals surface area contributed by atoms with E-state index in [9.17, 15) is 9.59 Å². The summed E-state index contributed by atoms with van der Waals surface area (Å²) in [4.78, 5) is 25.8. The number of aryl methyl sites for hydroxylation is 1. The molecule has 2 aromatic carbocycles. The van der Waals surface area contributed by atoms with Crippen molar-refractivity contribution in [1.29, 1.82) is 0 Å². The van der Waals surface area contributed by atoms with Crippen LogP contribution in [-0.4, -0.2) is 52.1 Å². The highest BCUT2D eigenvalue weighted by atomic mass is 16.5. The van der Waals surface area contributed by atoms with Crippen molar-refractivity contribution in [1.82, 2.24) is 4.90 Å². The van der Waals surface area contributed by atoms with Crippen molar-refractivity contribution in [3.8, 4) is 17.2 Å². The van der Waals surface area contributed by atoms with Gasteiger partial charge < -0.3 is 24.4 Å². The second kappa shape index (κ2) is 9.64. The molecule has 1 N–H and O–H groups in total. The van der Waals surface area contributed by atoms with Crippen LogP contribution >= 0.6 is 0 Å². The number of anilines is 1. The molecule has 28 heavy (non-hydrogen) atoms. The Hall–Kier alpha value is -3.22. The smallest absolute Gasteiger partial charge is 0.253 e. The number of benzene rings is 2. The third-order valence-corrected chi connectivity index (χ3v) is 4.20. The molecule has 0 aromatic heterocycles. The third kappa shape index (κ3) is 5.16. The summed E-state index contributed by atoms with van der Waals surface area (Å²) in [7, 11) is 7.99. The SMILES string of the molecule is COc1cc(NC(=O)CCc2ccc(C(=O)N(C)C)cc2)cc(OC)c1OC. The lowest BCUT2D eigenvalue weighted by Gasteiger charge is -2.14. The van der Waals surface area contributed by atoms with E-state index in [1.807, 2.05) is 12.1 Å². The number of carbonyl (C=O) groups is 2.